The van der Waals surface area contributed by atoms with Crippen LogP contribution in [0.2, 0.25) is 5.02 Å². The Hall–Kier alpha value is -3.36. The summed E-state index contributed by atoms with van der Waals surface area (Å²) in [5, 5.41) is 3.45. The highest BCUT2D eigenvalue weighted by Crippen LogP contribution is 2.20. The minimum absolute atomic E-state index is 0.0805. The van der Waals surface area contributed by atoms with E-state index >= 15 is 0 Å². The molecule has 9 heteroatoms. The van der Waals surface area contributed by atoms with Crippen molar-refractivity contribution in [3.05, 3.63) is 101 Å². The van der Waals surface area contributed by atoms with Gasteiger partial charge in [0.2, 0.25) is 21.8 Å². The summed E-state index contributed by atoms with van der Waals surface area (Å²) in [6.45, 7) is 2.65. The molecule has 3 aromatic rings. The Balaban J connectivity index is 1.84. The van der Waals surface area contributed by atoms with Gasteiger partial charge in [0.05, 0.1) is 11.9 Å². The van der Waals surface area contributed by atoms with Crippen molar-refractivity contribution in [3.8, 4) is 0 Å². The first-order valence-corrected chi connectivity index (χ1v) is 14.8. The van der Waals surface area contributed by atoms with Gasteiger partial charge in [-0.3, -0.25) is 13.9 Å². The van der Waals surface area contributed by atoms with Gasteiger partial charge in [-0.15, -0.1) is 0 Å². The van der Waals surface area contributed by atoms with Gasteiger partial charge in [0.1, 0.15) is 6.04 Å². The molecule has 0 saturated carbocycles. The van der Waals surface area contributed by atoms with E-state index in [4.69, 9.17) is 11.6 Å². The standard InChI is InChI=1S/C29H34ClN3O4S/c1-3-31-29(35)27(21-23-11-6-4-7-12-23)32(22-24-16-18-25(30)19-17-24)28(34)15-10-20-33(38(2,36)37)26-13-8-5-9-14-26/h4-9,11-14,16-19,27H,3,10,15,20-22H2,1-2H3,(H,31,35)/t27-/m0/s1. The molecule has 0 aliphatic carbocycles. The average Bonchev–Trinajstić information content (AvgIpc) is 2.90. The number of nitrogens with zero attached hydrogens (tertiary/aromatic N) is 2. The molecule has 0 bridgehead atoms. The van der Waals surface area contributed by atoms with Gasteiger partial charge in [-0.2, -0.15) is 0 Å². The molecule has 0 aliphatic rings. The van der Waals surface area contributed by atoms with E-state index in [0.717, 1.165) is 17.4 Å². The van der Waals surface area contributed by atoms with Crippen molar-refractivity contribution < 1.29 is 18.0 Å². The summed E-state index contributed by atoms with van der Waals surface area (Å²) in [5.41, 5.74) is 2.32. The van der Waals surface area contributed by atoms with Gasteiger partial charge in [-0.25, -0.2) is 8.42 Å². The SMILES string of the molecule is CCNC(=O)[C@H](Cc1ccccc1)N(Cc1ccc(Cl)cc1)C(=O)CCCN(c1ccccc1)S(C)(=O)=O. The van der Waals surface area contributed by atoms with Crippen LogP contribution in [0.3, 0.4) is 0 Å². The molecule has 1 N–H and O–H groups in total. The van der Waals surface area contributed by atoms with Crippen molar-refractivity contribution in [1.82, 2.24) is 10.2 Å². The van der Waals surface area contributed by atoms with Crippen LogP contribution in [-0.4, -0.2) is 50.5 Å². The summed E-state index contributed by atoms with van der Waals surface area (Å²) < 4.78 is 26.2. The molecule has 1 atom stereocenters. The smallest absolute Gasteiger partial charge is 0.243 e. The third-order valence-electron chi connectivity index (χ3n) is 6.08. The molecule has 0 aromatic heterocycles. The van der Waals surface area contributed by atoms with Crippen molar-refractivity contribution in [2.45, 2.75) is 38.8 Å². The molecule has 0 aliphatic heterocycles. The largest absolute Gasteiger partial charge is 0.355 e. The van der Waals surface area contributed by atoms with Crippen LogP contribution in [0.5, 0.6) is 0 Å². The van der Waals surface area contributed by atoms with Gasteiger partial charge >= 0.3 is 0 Å². The van der Waals surface area contributed by atoms with Crippen molar-refractivity contribution in [1.29, 1.82) is 0 Å². The molecular weight excluding hydrogens is 522 g/mol. The van der Waals surface area contributed by atoms with Crippen LogP contribution in [0.25, 0.3) is 0 Å². The minimum atomic E-state index is -3.53. The van der Waals surface area contributed by atoms with Crippen LogP contribution in [0.1, 0.15) is 30.9 Å². The van der Waals surface area contributed by atoms with Crippen LogP contribution < -0.4 is 9.62 Å². The van der Waals surface area contributed by atoms with E-state index in [9.17, 15) is 18.0 Å². The van der Waals surface area contributed by atoms with Crippen molar-refractivity contribution in [3.63, 3.8) is 0 Å². The summed E-state index contributed by atoms with van der Waals surface area (Å²) in [6, 6.07) is 24.8. The number of anilines is 1. The Morgan fingerprint density at radius 2 is 1.50 bits per heavy atom. The Morgan fingerprint density at radius 1 is 0.895 bits per heavy atom. The van der Waals surface area contributed by atoms with E-state index in [1.165, 1.54) is 4.31 Å². The quantitative estimate of drug-likeness (QED) is 0.332. The number of benzene rings is 3. The molecule has 0 unspecified atom stereocenters. The lowest BCUT2D eigenvalue weighted by atomic mass is 10.0. The number of carbonyl (C=O) groups excluding carboxylic acids is 2. The summed E-state index contributed by atoms with van der Waals surface area (Å²) >= 11 is 6.06. The third-order valence-corrected chi connectivity index (χ3v) is 7.53. The molecule has 38 heavy (non-hydrogen) atoms. The highest BCUT2D eigenvalue weighted by atomic mass is 35.5. The number of rotatable bonds is 13. The van der Waals surface area contributed by atoms with Gasteiger partial charge in [0.25, 0.3) is 0 Å². The highest BCUT2D eigenvalue weighted by molar-refractivity contribution is 7.92. The predicted octanol–water partition coefficient (Wildman–Crippen LogP) is 4.66. The topological polar surface area (TPSA) is 86.8 Å². The zero-order valence-electron chi connectivity index (χ0n) is 21.7. The first-order chi connectivity index (χ1) is 18.2. The number of nitrogens with one attached hydrogen (secondary N) is 1. The monoisotopic (exact) mass is 555 g/mol. The first kappa shape index (κ1) is 29.2. The molecular formula is C29H34ClN3O4S. The third kappa shape index (κ3) is 8.60. The zero-order valence-corrected chi connectivity index (χ0v) is 23.3. The van der Waals surface area contributed by atoms with Crippen LogP contribution >= 0.6 is 11.6 Å². The number of halogens is 1. The van der Waals surface area contributed by atoms with Crippen molar-refractivity contribution in [2.75, 3.05) is 23.7 Å². The Morgan fingerprint density at radius 3 is 2.08 bits per heavy atom. The predicted molar refractivity (Wildman–Crippen MR) is 152 cm³/mol. The fourth-order valence-electron chi connectivity index (χ4n) is 4.23. The zero-order chi connectivity index (χ0) is 27.5. The Kier molecular flexibility index (Phi) is 10.7. The highest BCUT2D eigenvalue weighted by Gasteiger charge is 2.30. The Labute approximate surface area is 230 Å². The maximum absolute atomic E-state index is 13.7. The van der Waals surface area contributed by atoms with E-state index in [0.29, 0.717) is 30.1 Å². The molecule has 0 saturated heterocycles. The second-order valence-corrected chi connectivity index (χ2v) is 11.4. The van der Waals surface area contributed by atoms with Crippen LogP contribution in [0, 0.1) is 0 Å². The second-order valence-electron chi connectivity index (χ2n) is 9.02. The maximum Gasteiger partial charge on any atom is 0.243 e. The maximum atomic E-state index is 13.7. The normalized spacial score (nSPS) is 12.0. The molecule has 3 rings (SSSR count). The molecule has 7 nitrogen and oxygen atoms in total. The second kappa shape index (κ2) is 14.0. The van der Waals surface area contributed by atoms with E-state index in [2.05, 4.69) is 5.32 Å². The lowest BCUT2D eigenvalue weighted by molar-refractivity contribution is -0.141. The fourth-order valence-corrected chi connectivity index (χ4v) is 5.32. The van der Waals surface area contributed by atoms with Crippen molar-refractivity contribution in [2.24, 2.45) is 0 Å². The van der Waals surface area contributed by atoms with Crippen molar-refractivity contribution >= 4 is 39.1 Å². The van der Waals surface area contributed by atoms with Crippen LogP contribution in [-0.2, 0) is 32.6 Å². The van der Waals surface area contributed by atoms with E-state index < -0.39 is 16.1 Å². The fraction of sp³-hybridized carbons (Fsp3) is 0.310. The summed E-state index contributed by atoms with van der Waals surface area (Å²) in [6.07, 6.45) is 1.88. The van der Waals surface area contributed by atoms with E-state index in [1.54, 1.807) is 41.3 Å². The van der Waals surface area contributed by atoms with Gasteiger partial charge in [0.15, 0.2) is 0 Å². The number of likely N-dealkylation sites (N-methyl/N-ethyl adjacent to an activating group) is 1. The molecule has 0 spiro atoms. The molecule has 2 amide bonds. The molecule has 0 radical (unpaired) electrons. The minimum Gasteiger partial charge on any atom is -0.355 e. The summed E-state index contributed by atoms with van der Waals surface area (Å²) in [7, 11) is -3.53. The number of para-hydroxylation sites is 1. The number of amides is 2. The Bertz CT molecular complexity index is 1290. The number of sulfonamides is 1. The van der Waals surface area contributed by atoms with Crippen LogP contribution in [0.4, 0.5) is 5.69 Å². The molecule has 0 heterocycles. The lowest BCUT2D eigenvalue weighted by Gasteiger charge is -2.32. The average molecular weight is 556 g/mol. The summed E-state index contributed by atoms with van der Waals surface area (Å²) in [4.78, 5) is 28.5. The van der Waals surface area contributed by atoms with Gasteiger partial charge in [0, 0.05) is 37.5 Å². The first-order valence-electron chi connectivity index (χ1n) is 12.6. The van der Waals surface area contributed by atoms with E-state index in [-0.39, 0.29) is 31.3 Å². The van der Waals surface area contributed by atoms with Crippen LogP contribution in [0.15, 0.2) is 84.9 Å². The molecule has 0 fully saturated rings. The summed E-state index contributed by atoms with van der Waals surface area (Å²) in [5.74, 6) is -0.464. The number of carbonyl (C=O) groups is 2. The lowest BCUT2D eigenvalue weighted by Crippen LogP contribution is -2.50. The van der Waals surface area contributed by atoms with Gasteiger partial charge in [-0.1, -0.05) is 72.3 Å². The number of hydrogen-bond acceptors (Lipinski definition) is 4. The molecule has 3 aromatic carbocycles. The van der Waals surface area contributed by atoms with E-state index in [1.807, 2.05) is 55.5 Å². The molecule has 202 valence electrons. The number of hydrogen-bond donors (Lipinski definition) is 1. The van der Waals surface area contributed by atoms with Gasteiger partial charge < -0.3 is 10.2 Å². The van der Waals surface area contributed by atoms with Gasteiger partial charge in [-0.05, 0) is 48.7 Å².